The van der Waals surface area contributed by atoms with Crippen LogP contribution in [0.5, 0.6) is 17.2 Å². The van der Waals surface area contributed by atoms with Crippen LogP contribution in [0.3, 0.4) is 0 Å². The van der Waals surface area contributed by atoms with Crippen LogP contribution in [-0.2, 0) is 17.8 Å². The minimum absolute atomic E-state index is 0.0347. The Balaban J connectivity index is 1.41. The zero-order valence-electron chi connectivity index (χ0n) is 21.0. The molecule has 1 unspecified atom stereocenters. The van der Waals surface area contributed by atoms with Gasteiger partial charge in [-0.05, 0) is 47.9 Å². The Hall–Kier alpha value is -4.30. The molecular formula is C29H28N4O4. The molecule has 37 heavy (non-hydrogen) atoms. The predicted octanol–water partition coefficient (Wildman–Crippen LogP) is 4.50. The molecule has 188 valence electrons. The van der Waals surface area contributed by atoms with Crippen LogP contribution in [0.25, 0.3) is 10.9 Å². The van der Waals surface area contributed by atoms with E-state index < -0.39 is 0 Å². The molecule has 3 heterocycles. The molecule has 8 nitrogen and oxygen atoms in total. The van der Waals surface area contributed by atoms with Gasteiger partial charge in [0.25, 0.3) is 5.91 Å². The van der Waals surface area contributed by atoms with Crippen molar-refractivity contribution < 1.29 is 19.0 Å². The lowest BCUT2D eigenvalue weighted by atomic mass is 9.97. The van der Waals surface area contributed by atoms with Gasteiger partial charge in [-0.3, -0.25) is 9.69 Å². The van der Waals surface area contributed by atoms with Gasteiger partial charge in [0.1, 0.15) is 23.4 Å². The Morgan fingerprint density at radius 1 is 0.946 bits per heavy atom. The normalized spacial score (nSPS) is 19.3. The lowest BCUT2D eigenvalue weighted by Gasteiger charge is -2.32. The highest BCUT2D eigenvalue weighted by Gasteiger charge is 2.49. The SMILES string of the molecule is COc1cccc(C2N(N=Cc3ccc(OC)cc3OC)C(=O)[C@@H]3Cc4c([nH]c5ccccc45)CN23)c1. The molecule has 1 fully saturated rings. The van der Waals surface area contributed by atoms with E-state index in [4.69, 9.17) is 19.3 Å². The molecule has 0 bridgehead atoms. The molecule has 0 spiro atoms. The number of aromatic amines is 1. The maximum atomic E-state index is 13.9. The Morgan fingerprint density at radius 3 is 2.57 bits per heavy atom. The van der Waals surface area contributed by atoms with Gasteiger partial charge in [0, 0.05) is 34.8 Å². The number of fused-ring (bicyclic) bond motifs is 4. The van der Waals surface area contributed by atoms with E-state index in [-0.39, 0.29) is 18.1 Å². The first kappa shape index (κ1) is 23.1. The number of rotatable bonds is 6. The highest BCUT2D eigenvalue weighted by atomic mass is 16.5. The van der Waals surface area contributed by atoms with Crippen LogP contribution in [-0.4, -0.2) is 54.4 Å². The number of nitrogens with zero attached hydrogens (tertiary/aromatic N) is 3. The van der Waals surface area contributed by atoms with Crippen molar-refractivity contribution in [3.63, 3.8) is 0 Å². The van der Waals surface area contributed by atoms with E-state index in [9.17, 15) is 4.79 Å². The monoisotopic (exact) mass is 496 g/mol. The summed E-state index contributed by atoms with van der Waals surface area (Å²) in [4.78, 5) is 19.7. The Labute approximate surface area is 215 Å². The van der Waals surface area contributed by atoms with Crippen LogP contribution in [0.15, 0.2) is 71.8 Å². The second-order valence-electron chi connectivity index (χ2n) is 9.21. The first-order valence-electron chi connectivity index (χ1n) is 12.2. The zero-order chi connectivity index (χ0) is 25.5. The quantitative estimate of drug-likeness (QED) is 0.398. The molecule has 1 saturated heterocycles. The van der Waals surface area contributed by atoms with Crippen molar-refractivity contribution >= 4 is 23.0 Å². The van der Waals surface area contributed by atoms with Crippen molar-refractivity contribution in [3.05, 3.63) is 89.1 Å². The molecule has 1 N–H and O–H groups in total. The summed E-state index contributed by atoms with van der Waals surface area (Å²) in [6.07, 6.45) is 1.92. The molecule has 6 rings (SSSR count). The third-order valence-corrected chi connectivity index (χ3v) is 7.25. The lowest BCUT2D eigenvalue weighted by Crippen LogP contribution is -2.39. The number of hydrogen-bond donors (Lipinski definition) is 1. The van der Waals surface area contributed by atoms with Crippen molar-refractivity contribution in [2.45, 2.75) is 25.2 Å². The van der Waals surface area contributed by atoms with E-state index >= 15 is 0 Å². The van der Waals surface area contributed by atoms with Crippen LogP contribution >= 0.6 is 0 Å². The van der Waals surface area contributed by atoms with E-state index in [0.717, 1.165) is 28.1 Å². The average molecular weight is 497 g/mol. The maximum absolute atomic E-state index is 13.9. The Morgan fingerprint density at radius 2 is 1.76 bits per heavy atom. The van der Waals surface area contributed by atoms with Crippen LogP contribution in [0.1, 0.15) is 28.6 Å². The van der Waals surface area contributed by atoms with E-state index in [1.54, 1.807) is 38.6 Å². The van der Waals surface area contributed by atoms with Crippen LogP contribution in [0, 0.1) is 0 Å². The van der Waals surface area contributed by atoms with Crippen LogP contribution < -0.4 is 14.2 Å². The predicted molar refractivity (Wildman–Crippen MR) is 141 cm³/mol. The number of benzene rings is 3. The molecule has 0 saturated carbocycles. The second-order valence-corrected chi connectivity index (χ2v) is 9.21. The number of hydrogen-bond acceptors (Lipinski definition) is 6. The van der Waals surface area contributed by atoms with Crippen molar-refractivity contribution in [2.24, 2.45) is 5.10 Å². The molecule has 2 aliphatic rings. The van der Waals surface area contributed by atoms with Gasteiger partial charge in [0.2, 0.25) is 0 Å². The first-order chi connectivity index (χ1) is 18.1. The third-order valence-electron chi connectivity index (χ3n) is 7.25. The van der Waals surface area contributed by atoms with E-state index in [2.05, 4.69) is 22.0 Å². The highest BCUT2D eigenvalue weighted by molar-refractivity contribution is 5.91. The summed E-state index contributed by atoms with van der Waals surface area (Å²) in [5, 5.41) is 7.50. The van der Waals surface area contributed by atoms with Gasteiger partial charge in [0.15, 0.2) is 0 Å². The van der Waals surface area contributed by atoms with Gasteiger partial charge in [-0.15, -0.1) is 0 Å². The van der Waals surface area contributed by atoms with Crippen molar-refractivity contribution in [3.8, 4) is 17.2 Å². The van der Waals surface area contributed by atoms with E-state index in [1.165, 1.54) is 10.9 Å². The molecule has 4 aromatic rings. The summed E-state index contributed by atoms with van der Waals surface area (Å²) in [5.74, 6) is 2.00. The molecule has 0 aliphatic carbocycles. The molecule has 1 amide bonds. The maximum Gasteiger partial charge on any atom is 0.262 e. The van der Waals surface area contributed by atoms with Gasteiger partial charge in [-0.1, -0.05) is 30.3 Å². The number of aromatic nitrogens is 1. The molecule has 2 atom stereocenters. The van der Waals surface area contributed by atoms with Crippen molar-refractivity contribution in [2.75, 3.05) is 21.3 Å². The minimum atomic E-state index is -0.382. The fourth-order valence-electron chi connectivity index (χ4n) is 5.43. The smallest absolute Gasteiger partial charge is 0.262 e. The second kappa shape index (κ2) is 9.29. The average Bonchev–Trinajstić information content (AvgIpc) is 3.44. The topological polar surface area (TPSA) is 79.4 Å². The van der Waals surface area contributed by atoms with Crippen molar-refractivity contribution in [1.29, 1.82) is 0 Å². The number of nitrogens with one attached hydrogen (secondary N) is 1. The summed E-state index contributed by atoms with van der Waals surface area (Å²) >= 11 is 0. The zero-order valence-corrected chi connectivity index (χ0v) is 21.0. The number of amides is 1. The molecule has 1 aromatic heterocycles. The summed E-state index contributed by atoms with van der Waals surface area (Å²) < 4.78 is 16.3. The standard InChI is InChI=1S/C29H28N4O4/c1-35-20-8-6-7-18(13-20)28-32-17-25-23(22-9-4-5-10-24(22)31-25)15-26(32)29(34)33(28)30-16-19-11-12-21(36-2)14-27(19)37-3/h4-14,16,26,28,31H,15,17H2,1-3H3/t26-,28?/m0/s1. The first-order valence-corrected chi connectivity index (χ1v) is 12.2. The number of hydrazone groups is 1. The fourth-order valence-corrected chi connectivity index (χ4v) is 5.43. The van der Waals surface area contributed by atoms with Gasteiger partial charge in [-0.2, -0.15) is 5.10 Å². The number of ether oxygens (including phenoxy) is 3. The Kier molecular flexibility index (Phi) is 5.81. The minimum Gasteiger partial charge on any atom is -0.497 e. The summed E-state index contributed by atoms with van der Waals surface area (Å²) in [5.41, 5.74) is 5.13. The molecule has 2 aliphatic heterocycles. The fraction of sp³-hybridized carbons (Fsp3) is 0.241. The third kappa shape index (κ3) is 3.90. The lowest BCUT2D eigenvalue weighted by molar-refractivity contribution is -0.130. The van der Waals surface area contributed by atoms with E-state index in [1.807, 2.05) is 48.5 Å². The van der Waals surface area contributed by atoms with Gasteiger partial charge >= 0.3 is 0 Å². The van der Waals surface area contributed by atoms with Gasteiger partial charge in [-0.25, -0.2) is 5.01 Å². The van der Waals surface area contributed by atoms with Crippen LogP contribution in [0.2, 0.25) is 0 Å². The van der Waals surface area contributed by atoms with Gasteiger partial charge < -0.3 is 19.2 Å². The number of H-pyrrole nitrogens is 1. The summed E-state index contributed by atoms with van der Waals surface area (Å²) in [6.45, 7) is 0.611. The number of para-hydroxylation sites is 1. The Bertz CT molecular complexity index is 1510. The molecule has 8 heteroatoms. The highest BCUT2D eigenvalue weighted by Crippen LogP contribution is 2.42. The van der Waals surface area contributed by atoms with Crippen molar-refractivity contribution in [1.82, 2.24) is 14.9 Å². The molecular weight excluding hydrogens is 468 g/mol. The number of carbonyl (C=O) groups excluding carboxylic acids is 1. The summed E-state index contributed by atoms with van der Waals surface area (Å²) in [6, 6.07) is 21.3. The summed E-state index contributed by atoms with van der Waals surface area (Å²) in [7, 11) is 4.86. The van der Waals surface area contributed by atoms with Gasteiger partial charge in [0.05, 0.1) is 33.6 Å². The molecule has 0 radical (unpaired) electrons. The largest absolute Gasteiger partial charge is 0.497 e. The van der Waals surface area contributed by atoms with Crippen LogP contribution in [0.4, 0.5) is 0 Å². The number of carbonyl (C=O) groups is 1. The molecule has 3 aromatic carbocycles. The number of methoxy groups -OCH3 is 3. The van der Waals surface area contributed by atoms with E-state index in [0.29, 0.717) is 24.5 Å².